The number of hydrogen-bond acceptors (Lipinski definition) is 14. The molecule has 0 spiro atoms. The highest BCUT2D eigenvalue weighted by Gasteiger charge is 2.26. The normalized spacial score (nSPS) is 14.9. The first-order valence-electron chi connectivity index (χ1n) is 20.2. The maximum Gasteiger partial charge on any atom is 0.345 e. The van der Waals surface area contributed by atoms with Gasteiger partial charge in [-0.05, 0) is 76.5 Å². The van der Waals surface area contributed by atoms with E-state index in [2.05, 4.69) is 39.1 Å². The van der Waals surface area contributed by atoms with Gasteiger partial charge in [0.2, 0.25) is 10.9 Å². The number of pyridine rings is 4. The number of fused-ring (bicyclic) bond motifs is 10. The fraction of sp³-hybridized carbons (Fsp3) is 0.318. The number of likely N-dealkylation sites (N-methyl/N-ethyl adjacent to an activating group) is 2. The summed E-state index contributed by atoms with van der Waals surface area (Å²) in [6.45, 7) is 12.3. The van der Waals surface area contributed by atoms with Crippen LogP contribution < -0.4 is 21.1 Å². The highest BCUT2D eigenvalue weighted by atomic mass is 35.5. The summed E-state index contributed by atoms with van der Waals surface area (Å²) in [4.78, 5) is 68.4. The molecule has 2 aliphatic rings. The molecule has 6 aromatic heterocycles. The molecule has 61 heavy (non-hydrogen) atoms. The monoisotopic (exact) mass is 880 g/mol. The van der Waals surface area contributed by atoms with Crippen LogP contribution in [-0.4, -0.2) is 120 Å². The lowest BCUT2D eigenvalue weighted by Gasteiger charge is -2.33. The SMILES string of the molecule is CCOC(=O)c1c(=O)c2ccc(Cl)nc2n2c1sc1ccccc12.CCOC(=O)c1c(=O)c2ccc(N3CCN(C)CC3)nc2n2c1sc1ccccc12.CN1CCNCC1. The van der Waals surface area contributed by atoms with Crippen LogP contribution in [0.2, 0.25) is 5.15 Å². The number of rotatable bonds is 5. The third-order valence-corrected chi connectivity index (χ3v) is 13.2. The van der Waals surface area contributed by atoms with Crippen molar-refractivity contribution in [3.05, 3.63) is 110 Å². The number of ether oxygens (including phenoxy) is 2. The minimum Gasteiger partial charge on any atom is -0.462 e. The number of anilines is 1. The summed E-state index contributed by atoms with van der Waals surface area (Å²) in [6.07, 6.45) is 0. The van der Waals surface area contributed by atoms with Gasteiger partial charge in [0.1, 0.15) is 31.8 Å². The van der Waals surface area contributed by atoms with Crippen LogP contribution in [0.4, 0.5) is 5.82 Å². The molecule has 8 heterocycles. The van der Waals surface area contributed by atoms with Crippen LogP contribution in [0.1, 0.15) is 34.6 Å². The number of nitrogens with zero attached hydrogens (tertiary/aromatic N) is 7. The van der Waals surface area contributed by atoms with Crippen molar-refractivity contribution in [2.75, 3.05) is 84.6 Å². The molecule has 10 rings (SSSR count). The summed E-state index contributed by atoms with van der Waals surface area (Å²) in [6, 6.07) is 22.3. The van der Waals surface area contributed by atoms with Gasteiger partial charge in [-0.15, -0.1) is 22.7 Å². The second kappa shape index (κ2) is 18.2. The Balaban J connectivity index is 0.000000148. The third kappa shape index (κ3) is 8.31. The van der Waals surface area contributed by atoms with Gasteiger partial charge < -0.3 is 29.5 Å². The number of thiazole rings is 2. The summed E-state index contributed by atoms with van der Waals surface area (Å²) in [5, 5.41) is 4.32. The van der Waals surface area contributed by atoms with E-state index in [0.717, 1.165) is 65.5 Å². The number of halogens is 1. The lowest BCUT2D eigenvalue weighted by Crippen LogP contribution is -2.44. The fourth-order valence-electron chi connectivity index (χ4n) is 7.50. The summed E-state index contributed by atoms with van der Waals surface area (Å²) < 4.78 is 16.0. The number of para-hydroxylation sites is 2. The van der Waals surface area contributed by atoms with Crippen LogP contribution in [0.15, 0.2) is 82.4 Å². The van der Waals surface area contributed by atoms with Gasteiger partial charge in [-0.2, -0.15) is 0 Å². The lowest BCUT2D eigenvalue weighted by atomic mass is 10.2. The second-order valence-corrected chi connectivity index (χ2v) is 17.1. The largest absolute Gasteiger partial charge is 0.462 e. The van der Waals surface area contributed by atoms with E-state index in [4.69, 9.17) is 26.1 Å². The van der Waals surface area contributed by atoms with E-state index in [0.29, 0.717) is 31.7 Å². The number of piperazine rings is 2. The molecule has 17 heteroatoms. The Morgan fingerprint density at radius 3 is 1.62 bits per heavy atom. The average molecular weight is 881 g/mol. The van der Waals surface area contributed by atoms with Gasteiger partial charge in [0, 0.05) is 52.4 Å². The van der Waals surface area contributed by atoms with Crippen LogP contribution in [0, 0.1) is 0 Å². The van der Waals surface area contributed by atoms with Crippen molar-refractivity contribution in [3.63, 3.8) is 0 Å². The number of nitrogens with one attached hydrogen (secondary N) is 1. The molecule has 0 aliphatic carbocycles. The molecule has 0 saturated carbocycles. The van der Waals surface area contributed by atoms with Crippen molar-refractivity contribution in [2.45, 2.75) is 13.8 Å². The summed E-state index contributed by atoms with van der Waals surface area (Å²) in [5.74, 6) is -0.358. The number of carbonyl (C=O) groups is 2. The molecule has 0 radical (unpaired) electrons. The van der Waals surface area contributed by atoms with Crippen molar-refractivity contribution >= 4 is 104 Å². The van der Waals surface area contributed by atoms with Crippen molar-refractivity contribution in [3.8, 4) is 0 Å². The van der Waals surface area contributed by atoms with Gasteiger partial charge in [0.05, 0.1) is 44.4 Å². The average Bonchev–Trinajstić information content (AvgIpc) is 3.84. The summed E-state index contributed by atoms with van der Waals surface area (Å²) in [5.41, 5.74) is 2.21. The zero-order chi connectivity index (χ0) is 42.8. The summed E-state index contributed by atoms with van der Waals surface area (Å²) in [7, 11) is 4.27. The Bertz CT molecular complexity index is 3060. The highest BCUT2D eigenvalue weighted by molar-refractivity contribution is 7.24. The van der Waals surface area contributed by atoms with Gasteiger partial charge in [-0.3, -0.25) is 18.4 Å². The number of hydrogen-bond donors (Lipinski definition) is 1. The van der Waals surface area contributed by atoms with E-state index in [1.165, 1.54) is 35.8 Å². The Hall–Kier alpha value is -5.49. The number of benzene rings is 2. The first kappa shape index (κ1) is 42.2. The predicted octanol–water partition coefficient (Wildman–Crippen LogP) is 6.40. The Morgan fingerprint density at radius 2 is 1.13 bits per heavy atom. The molecule has 2 saturated heterocycles. The molecule has 8 aromatic rings. The highest BCUT2D eigenvalue weighted by Crippen LogP contribution is 2.33. The second-order valence-electron chi connectivity index (χ2n) is 14.7. The maximum atomic E-state index is 13.3. The first-order chi connectivity index (χ1) is 29.6. The Labute approximate surface area is 363 Å². The topological polar surface area (TPSA) is 143 Å². The Morgan fingerprint density at radius 1 is 0.656 bits per heavy atom. The Kier molecular flexibility index (Phi) is 12.6. The van der Waals surface area contributed by atoms with Crippen molar-refractivity contribution in [1.29, 1.82) is 0 Å². The van der Waals surface area contributed by atoms with Gasteiger partial charge in [-0.1, -0.05) is 35.9 Å². The zero-order valence-electron chi connectivity index (χ0n) is 34.3. The van der Waals surface area contributed by atoms with E-state index in [1.54, 1.807) is 36.4 Å². The van der Waals surface area contributed by atoms with E-state index >= 15 is 0 Å². The van der Waals surface area contributed by atoms with Crippen LogP contribution in [0.5, 0.6) is 0 Å². The number of aromatic nitrogens is 4. The van der Waals surface area contributed by atoms with E-state index in [1.807, 2.05) is 59.0 Å². The van der Waals surface area contributed by atoms with Crippen LogP contribution in [0.25, 0.3) is 52.2 Å². The molecule has 0 unspecified atom stereocenters. The molecule has 0 atom stereocenters. The van der Waals surface area contributed by atoms with Gasteiger partial charge in [0.25, 0.3) is 0 Å². The van der Waals surface area contributed by atoms with E-state index in [-0.39, 0.29) is 40.4 Å². The minimum absolute atomic E-state index is 0.0367. The third-order valence-electron chi connectivity index (χ3n) is 10.7. The zero-order valence-corrected chi connectivity index (χ0v) is 36.7. The molecule has 0 amide bonds. The molecule has 0 bridgehead atoms. The molecule has 14 nitrogen and oxygen atoms in total. The first-order valence-corrected chi connectivity index (χ1v) is 22.2. The number of carbonyl (C=O) groups excluding carboxylic acids is 2. The standard InChI is InChI=1S/C22H22N4O3S.C17H11ClN2O3S.C5H12N2/c1-3-29-22(28)18-19(27)14-8-9-17(25-12-10-24(2)11-13-25)23-20(14)26-15-6-4-5-7-16(15)30-21(18)26;1-2-23-17(22)13-14(21)9-7-8-12(18)19-15(9)20-10-5-3-4-6-11(10)24-16(13)20;1-7-4-2-6-3-5-7/h4-9H,3,10-13H2,1-2H3;3-8H,2H2,1H3;6H,2-5H2,1H3. The molecular weight excluding hydrogens is 836 g/mol. The molecule has 2 aliphatic heterocycles. The molecule has 1 N–H and O–H groups in total. The smallest absolute Gasteiger partial charge is 0.345 e. The molecule has 2 aromatic carbocycles. The van der Waals surface area contributed by atoms with Crippen LogP contribution >= 0.6 is 34.3 Å². The van der Waals surface area contributed by atoms with Crippen molar-refractivity contribution in [1.82, 2.24) is 33.9 Å². The van der Waals surface area contributed by atoms with Gasteiger partial charge in [0.15, 0.2) is 11.3 Å². The lowest BCUT2D eigenvalue weighted by molar-refractivity contribution is 0.0517. The minimum atomic E-state index is -0.622. The van der Waals surface area contributed by atoms with Crippen LogP contribution in [-0.2, 0) is 9.47 Å². The van der Waals surface area contributed by atoms with Crippen molar-refractivity contribution < 1.29 is 19.1 Å². The molecule has 2 fully saturated rings. The number of esters is 2. The van der Waals surface area contributed by atoms with E-state index in [9.17, 15) is 19.2 Å². The van der Waals surface area contributed by atoms with Gasteiger partial charge in [-0.25, -0.2) is 19.6 Å². The molecular formula is C44H45ClN8O6S2. The maximum absolute atomic E-state index is 13.3. The quantitative estimate of drug-likeness (QED) is 0.151. The fourth-order valence-corrected chi connectivity index (χ4v) is 9.99. The van der Waals surface area contributed by atoms with E-state index < -0.39 is 11.9 Å². The molecule has 316 valence electrons. The van der Waals surface area contributed by atoms with Crippen molar-refractivity contribution in [2.24, 2.45) is 0 Å². The van der Waals surface area contributed by atoms with Crippen LogP contribution in [0.3, 0.4) is 0 Å². The predicted molar refractivity (Wildman–Crippen MR) is 246 cm³/mol. The summed E-state index contributed by atoms with van der Waals surface area (Å²) >= 11 is 8.80. The van der Waals surface area contributed by atoms with Gasteiger partial charge >= 0.3 is 11.9 Å².